The fourth-order valence-corrected chi connectivity index (χ4v) is 8.73. The molecule has 0 aliphatic heterocycles. The Morgan fingerprint density at radius 1 is 0.312 bits per heavy atom. The van der Waals surface area contributed by atoms with E-state index in [4.69, 9.17) is 9.47 Å². The number of hydrogen-bond acceptors (Lipinski definition) is 4. The lowest BCUT2D eigenvalue weighted by Crippen LogP contribution is -2.16. The van der Waals surface area contributed by atoms with E-state index in [0.717, 1.165) is 87.6 Å². The third kappa shape index (κ3) is 9.04. The van der Waals surface area contributed by atoms with Crippen molar-refractivity contribution in [1.29, 1.82) is 0 Å². The zero-order valence-electron chi connectivity index (χ0n) is 36.9. The summed E-state index contributed by atoms with van der Waals surface area (Å²) in [6, 6.07) is 68.4. The summed E-state index contributed by atoms with van der Waals surface area (Å²) in [6.45, 7) is 13.6. The molecule has 0 saturated carbocycles. The number of ether oxygens (including phenoxy) is 2. The van der Waals surface area contributed by atoms with Gasteiger partial charge in [0.05, 0.1) is 11.4 Å². The predicted molar refractivity (Wildman–Crippen MR) is 277 cm³/mol. The van der Waals surface area contributed by atoms with E-state index >= 15 is 0 Å². The first-order valence-electron chi connectivity index (χ1n) is 21.6. The van der Waals surface area contributed by atoms with E-state index in [1.165, 1.54) is 11.1 Å². The molecule has 6 heteroatoms. The van der Waals surface area contributed by atoms with Crippen molar-refractivity contribution in [2.24, 2.45) is 0 Å². The second kappa shape index (κ2) is 17.7. The Morgan fingerprint density at radius 2 is 0.547 bits per heavy atom. The SMILES string of the molecule is CC(C)(C)c1ccc(N(c2ccc(Oc3ccc(Br)cc3)cc2)c2c3ccccc3c(N(c3ccc(Oc4ccc(Br)cc4)cc3)c3ccc(C(C)(C)C)cc3)c3ccccc23)cc1. The highest BCUT2D eigenvalue weighted by atomic mass is 79.9. The van der Waals surface area contributed by atoms with Gasteiger partial charge in [-0.25, -0.2) is 0 Å². The second-order valence-electron chi connectivity index (χ2n) is 18.2. The molecule has 0 N–H and O–H groups in total. The van der Waals surface area contributed by atoms with Gasteiger partial charge in [-0.05, 0) is 143 Å². The van der Waals surface area contributed by atoms with E-state index in [0.29, 0.717) is 0 Å². The molecule has 9 rings (SSSR count). The average Bonchev–Trinajstić information content (AvgIpc) is 3.29. The smallest absolute Gasteiger partial charge is 0.127 e. The van der Waals surface area contributed by atoms with Crippen molar-refractivity contribution >= 4 is 87.5 Å². The number of nitrogens with zero attached hydrogens (tertiary/aromatic N) is 2. The fourth-order valence-electron chi connectivity index (χ4n) is 8.20. The maximum Gasteiger partial charge on any atom is 0.127 e. The van der Waals surface area contributed by atoms with Gasteiger partial charge >= 0.3 is 0 Å². The van der Waals surface area contributed by atoms with E-state index in [2.05, 4.69) is 229 Å². The summed E-state index contributed by atoms with van der Waals surface area (Å²) in [7, 11) is 0. The van der Waals surface area contributed by atoms with Gasteiger partial charge < -0.3 is 19.3 Å². The van der Waals surface area contributed by atoms with Crippen molar-refractivity contribution < 1.29 is 9.47 Å². The molecule has 0 amide bonds. The highest BCUT2D eigenvalue weighted by Gasteiger charge is 2.26. The van der Waals surface area contributed by atoms with Crippen LogP contribution in [0.5, 0.6) is 23.0 Å². The minimum absolute atomic E-state index is 0.00818. The molecule has 0 aliphatic carbocycles. The molecular formula is C58H50Br2N2O2. The van der Waals surface area contributed by atoms with Crippen LogP contribution in [-0.2, 0) is 10.8 Å². The Morgan fingerprint density at radius 3 is 0.797 bits per heavy atom. The first kappa shape index (κ1) is 42.9. The maximum absolute atomic E-state index is 6.31. The molecule has 4 nitrogen and oxygen atoms in total. The van der Waals surface area contributed by atoms with Gasteiger partial charge in [-0.15, -0.1) is 0 Å². The Labute approximate surface area is 394 Å². The molecule has 0 aromatic heterocycles. The van der Waals surface area contributed by atoms with Crippen molar-refractivity contribution in [2.75, 3.05) is 9.80 Å². The van der Waals surface area contributed by atoms with Crippen molar-refractivity contribution in [3.8, 4) is 23.0 Å². The highest BCUT2D eigenvalue weighted by molar-refractivity contribution is 9.10. The van der Waals surface area contributed by atoms with Gasteiger partial charge in [0.25, 0.3) is 0 Å². The van der Waals surface area contributed by atoms with Gasteiger partial charge in [-0.3, -0.25) is 0 Å². The monoisotopic (exact) mass is 964 g/mol. The molecule has 0 atom stereocenters. The summed E-state index contributed by atoms with van der Waals surface area (Å²) in [6.07, 6.45) is 0. The molecule has 0 bridgehead atoms. The molecule has 0 unspecified atom stereocenters. The lowest BCUT2D eigenvalue weighted by atomic mass is 9.87. The van der Waals surface area contributed by atoms with Crippen LogP contribution >= 0.6 is 31.9 Å². The maximum atomic E-state index is 6.31. The number of hydrogen-bond donors (Lipinski definition) is 0. The van der Waals surface area contributed by atoms with Gasteiger partial charge in [0.1, 0.15) is 23.0 Å². The number of benzene rings is 9. The van der Waals surface area contributed by atoms with Gasteiger partial charge in [0.2, 0.25) is 0 Å². The topological polar surface area (TPSA) is 24.9 Å². The van der Waals surface area contributed by atoms with Crippen molar-refractivity contribution in [3.63, 3.8) is 0 Å². The van der Waals surface area contributed by atoms with Crippen LogP contribution in [0.2, 0.25) is 0 Å². The summed E-state index contributed by atoms with van der Waals surface area (Å²) in [5.41, 5.74) is 8.94. The van der Waals surface area contributed by atoms with Crippen LogP contribution in [-0.4, -0.2) is 0 Å². The molecule has 0 spiro atoms. The zero-order valence-corrected chi connectivity index (χ0v) is 40.1. The Balaban J connectivity index is 1.25. The largest absolute Gasteiger partial charge is 0.457 e. The molecule has 0 heterocycles. The number of anilines is 6. The van der Waals surface area contributed by atoms with Crippen molar-refractivity contribution in [1.82, 2.24) is 0 Å². The molecule has 0 radical (unpaired) electrons. The third-order valence-corrected chi connectivity index (χ3v) is 12.7. The van der Waals surface area contributed by atoms with Crippen molar-refractivity contribution in [2.45, 2.75) is 52.4 Å². The summed E-state index contributed by atoms with van der Waals surface area (Å²) in [5.74, 6) is 3.09. The van der Waals surface area contributed by atoms with Gasteiger partial charge in [0, 0.05) is 53.2 Å². The fraction of sp³-hybridized carbons (Fsp3) is 0.138. The van der Waals surface area contributed by atoms with Crippen LogP contribution in [0.1, 0.15) is 52.7 Å². The Bertz CT molecular complexity index is 2780. The molecule has 9 aromatic rings. The number of halogens is 2. The molecule has 0 fully saturated rings. The van der Waals surface area contributed by atoms with Gasteiger partial charge in [0.15, 0.2) is 0 Å². The van der Waals surface area contributed by atoms with Crippen LogP contribution < -0.4 is 19.3 Å². The van der Waals surface area contributed by atoms with E-state index in [1.807, 2.05) is 48.5 Å². The molecule has 64 heavy (non-hydrogen) atoms. The second-order valence-corrected chi connectivity index (χ2v) is 20.0. The quantitative estimate of drug-likeness (QED) is 0.101. The summed E-state index contributed by atoms with van der Waals surface area (Å²) in [4.78, 5) is 4.81. The third-order valence-electron chi connectivity index (χ3n) is 11.6. The van der Waals surface area contributed by atoms with Gasteiger partial charge in [-0.2, -0.15) is 0 Å². The van der Waals surface area contributed by atoms with Crippen LogP contribution in [0.25, 0.3) is 21.5 Å². The summed E-state index contributed by atoms with van der Waals surface area (Å²) < 4.78 is 14.6. The molecule has 0 aliphatic rings. The highest BCUT2D eigenvalue weighted by Crippen LogP contribution is 2.51. The first-order valence-corrected chi connectivity index (χ1v) is 23.2. The predicted octanol–water partition coefficient (Wildman–Crippen LogP) is 18.6. The number of rotatable bonds is 10. The van der Waals surface area contributed by atoms with Gasteiger partial charge in [-0.1, -0.05) is 146 Å². The number of fused-ring (bicyclic) bond motifs is 2. The van der Waals surface area contributed by atoms with Crippen LogP contribution in [0, 0.1) is 0 Å². The van der Waals surface area contributed by atoms with E-state index in [9.17, 15) is 0 Å². The van der Waals surface area contributed by atoms with E-state index < -0.39 is 0 Å². The van der Waals surface area contributed by atoms with Crippen LogP contribution in [0.4, 0.5) is 34.1 Å². The lowest BCUT2D eigenvalue weighted by molar-refractivity contribution is 0.482. The molecule has 318 valence electrons. The molecule has 9 aromatic carbocycles. The Hall–Kier alpha value is -6.34. The standard InChI is InChI=1S/C58H50Br2N2O2/c1-57(2,3)39-15-23-43(24-16-39)61(45-27-35-49(36-28-45)63-47-31-19-41(59)20-32-47)55-51-11-7-9-13-53(51)56(54-14-10-8-12-52(54)55)62(44-25-17-40(18-26-44)58(4,5)6)46-29-37-50(38-30-46)64-48-33-21-42(60)22-34-48/h7-38H,1-6H3. The first-order chi connectivity index (χ1) is 30.8. The summed E-state index contributed by atoms with van der Waals surface area (Å²) in [5, 5.41) is 4.49. The minimum atomic E-state index is 0.00818. The van der Waals surface area contributed by atoms with Crippen LogP contribution in [0.15, 0.2) is 203 Å². The zero-order chi connectivity index (χ0) is 44.6. The molecule has 0 saturated heterocycles. The minimum Gasteiger partial charge on any atom is -0.457 e. The van der Waals surface area contributed by atoms with Crippen LogP contribution in [0.3, 0.4) is 0 Å². The normalized spacial score (nSPS) is 11.8. The molecular weight excluding hydrogens is 916 g/mol. The average molecular weight is 967 g/mol. The van der Waals surface area contributed by atoms with E-state index in [1.54, 1.807) is 0 Å². The van der Waals surface area contributed by atoms with Crippen molar-refractivity contribution in [3.05, 3.63) is 214 Å². The lowest BCUT2D eigenvalue weighted by Gasteiger charge is -2.33. The van der Waals surface area contributed by atoms with E-state index in [-0.39, 0.29) is 10.8 Å². The Kier molecular flexibility index (Phi) is 11.9. The summed E-state index contributed by atoms with van der Waals surface area (Å²) >= 11 is 7.08.